The lowest BCUT2D eigenvalue weighted by Crippen LogP contribution is -2.13. The maximum Gasteiger partial charge on any atom is 0.361 e. The fourth-order valence-corrected chi connectivity index (χ4v) is 2.01. The Hall–Kier alpha value is -2.08. The van der Waals surface area contributed by atoms with Gasteiger partial charge in [0.25, 0.3) is 0 Å². The zero-order chi connectivity index (χ0) is 15.6. The molecule has 2 aromatic rings. The normalized spacial score (nSPS) is 10.8. The quantitative estimate of drug-likeness (QED) is 0.812. The Labute approximate surface area is 127 Å². The third kappa shape index (κ3) is 3.16. The molecule has 0 saturated carbocycles. The topological polar surface area (TPSA) is 66.2 Å². The van der Waals surface area contributed by atoms with Gasteiger partial charge in [-0.05, 0) is 39.0 Å². The van der Waals surface area contributed by atoms with Crippen molar-refractivity contribution in [3.63, 3.8) is 0 Å². The van der Waals surface area contributed by atoms with Gasteiger partial charge in [-0.2, -0.15) is 0 Å². The van der Waals surface area contributed by atoms with Crippen molar-refractivity contribution in [2.45, 2.75) is 26.9 Å². The molecule has 7 heteroatoms. The number of carbonyl (C=O) groups is 1. The van der Waals surface area contributed by atoms with Gasteiger partial charge < -0.3 is 9.47 Å². The van der Waals surface area contributed by atoms with Crippen LogP contribution in [0.3, 0.4) is 0 Å². The molecule has 0 atom stereocenters. The van der Waals surface area contributed by atoms with Crippen LogP contribution >= 0.6 is 11.6 Å². The minimum absolute atomic E-state index is 0.172. The standard InChI is InChI=1S/C14H16ClN3O3/c1-8(2)21-14(19)13-9(3)18(17-16-13)11-7-10(15)5-6-12(11)20-4/h5-8H,1-4H3. The Kier molecular flexibility index (Phi) is 4.47. The number of ether oxygens (including phenoxy) is 2. The number of hydrogen-bond acceptors (Lipinski definition) is 5. The van der Waals surface area contributed by atoms with Crippen LogP contribution in [0.5, 0.6) is 5.75 Å². The van der Waals surface area contributed by atoms with Crippen molar-refractivity contribution < 1.29 is 14.3 Å². The van der Waals surface area contributed by atoms with Gasteiger partial charge in [-0.1, -0.05) is 16.8 Å². The van der Waals surface area contributed by atoms with E-state index in [0.717, 1.165) is 0 Å². The summed E-state index contributed by atoms with van der Waals surface area (Å²) in [5, 5.41) is 8.42. The van der Waals surface area contributed by atoms with Crippen LogP contribution < -0.4 is 4.74 Å². The lowest BCUT2D eigenvalue weighted by molar-refractivity contribution is 0.0370. The van der Waals surface area contributed by atoms with Gasteiger partial charge in [-0.3, -0.25) is 0 Å². The van der Waals surface area contributed by atoms with E-state index in [2.05, 4.69) is 10.3 Å². The number of methoxy groups -OCH3 is 1. The first-order valence-electron chi connectivity index (χ1n) is 6.41. The van der Waals surface area contributed by atoms with Gasteiger partial charge >= 0.3 is 5.97 Å². The van der Waals surface area contributed by atoms with Crippen molar-refractivity contribution in [2.75, 3.05) is 7.11 Å². The van der Waals surface area contributed by atoms with E-state index in [1.54, 1.807) is 46.1 Å². The average Bonchev–Trinajstić information content (AvgIpc) is 2.79. The number of benzene rings is 1. The monoisotopic (exact) mass is 309 g/mol. The van der Waals surface area contributed by atoms with E-state index < -0.39 is 5.97 Å². The van der Waals surface area contributed by atoms with E-state index in [1.165, 1.54) is 4.68 Å². The first-order valence-corrected chi connectivity index (χ1v) is 6.79. The van der Waals surface area contributed by atoms with Crippen molar-refractivity contribution in [1.82, 2.24) is 15.0 Å². The molecule has 6 nitrogen and oxygen atoms in total. The summed E-state index contributed by atoms with van der Waals surface area (Å²) in [4.78, 5) is 11.9. The van der Waals surface area contributed by atoms with Crippen molar-refractivity contribution in [2.24, 2.45) is 0 Å². The van der Waals surface area contributed by atoms with Gasteiger partial charge in [0.2, 0.25) is 0 Å². The van der Waals surface area contributed by atoms with E-state index in [9.17, 15) is 4.79 Å². The third-order valence-electron chi connectivity index (χ3n) is 2.80. The largest absolute Gasteiger partial charge is 0.494 e. The second kappa shape index (κ2) is 6.13. The summed E-state index contributed by atoms with van der Waals surface area (Å²) in [6, 6.07) is 5.13. The van der Waals surface area contributed by atoms with Crippen molar-refractivity contribution in [3.05, 3.63) is 34.6 Å². The van der Waals surface area contributed by atoms with Gasteiger partial charge in [0.15, 0.2) is 5.69 Å². The molecular weight excluding hydrogens is 294 g/mol. The van der Waals surface area contributed by atoms with Crippen LogP contribution in [0, 0.1) is 6.92 Å². The second-order valence-electron chi connectivity index (χ2n) is 4.71. The van der Waals surface area contributed by atoms with Crippen molar-refractivity contribution >= 4 is 17.6 Å². The van der Waals surface area contributed by atoms with E-state index in [1.807, 2.05) is 0 Å². The van der Waals surface area contributed by atoms with E-state index in [-0.39, 0.29) is 11.8 Å². The molecule has 0 aliphatic heterocycles. The van der Waals surface area contributed by atoms with Crippen LogP contribution in [0.25, 0.3) is 5.69 Å². The lowest BCUT2D eigenvalue weighted by Gasteiger charge is -2.10. The molecule has 2 rings (SSSR count). The van der Waals surface area contributed by atoms with E-state index in [4.69, 9.17) is 21.1 Å². The highest BCUT2D eigenvalue weighted by Crippen LogP contribution is 2.27. The van der Waals surface area contributed by atoms with Gasteiger partial charge in [0.05, 0.1) is 18.9 Å². The Bertz CT molecular complexity index is 667. The van der Waals surface area contributed by atoms with E-state index >= 15 is 0 Å². The average molecular weight is 310 g/mol. The predicted molar refractivity (Wildman–Crippen MR) is 78.2 cm³/mol. The molecular formula is C14H16ClN3O3. The first kappa shape index (κ1) is 15.3. The number of nitrogens with zero attached hydrogens (tertiary/aromatic N) is 3. The molecule has 0 aliphatic rings. The van der Waals surface area contributed by atoms with Crippen LogP contribution in [0.2, 0.25) is 5.02 Å². The Morgan fingerprint density at radius 1 is 1.38 bits per heavy atom. The summed E-state index contributed by atoms with van der Waals surface area (Å²) in [5.41, 5.74) is 1.34. The van der Waals surface area contributed by atoms with Crippen LogP contribution in [0.1, 0.15) is 30.0 Å². The molecule has 1 aromatic heterocycles. The van der Waals surface area contributed by atoms with E-state index in [0.29, 0.717) is 22.2 Å². The maximum absolute atomic E-state index is 11.9. The molecule has 0 bridgehead atoms. The maximum atomic E-state index is 11.9. The number of carbonyl (C=O) groups excluding carboxylic acids is 1. The van der Waals surface area contributed by atoms with Crippen LogP contribution in [-0.2, 0) is 4.74 Å². The van der Waals surface area contributed by atoms with Crippen LogP contribution in [-0.4, -0.2) is 34.2 Å². The molecule has 0 N–H and O–H groups in total. The molecule has 21 heavy (non-hydrogen) atoms. The summed E-state index contributed by atoms with van der Waals surface area (Å²) in [6.45, 7) is 5.28. The molecule has 0 radical (unpaired) electrons. The fraction of sp³-hybridized carbons (Fsp3) is 0.357. The molecule has 1 aromatic carbocycles. The van der Waals surface area contributed by atoms with Crippen LogP contribution in [0.15, 0.2) is 18.2 Å². The lowest BCUT2D eigenvalue weighted by atomic mass is 10.2. The molecule has 0 saturated heterocycles. The fourth-order valence-electron chi connectivity index (χ4n) is 1.85. The number of halogens is 1. The predicted octanol–water partition coefficient (Wildman–Crippen LogP) is 2.80. The van der Waals surface area contributed by atoms with Gasteiger partial charge in [-0.25, -0.2) is 9.48 Å². The molecule has 0 aliphatic carbocycles. The minimum atomic E-state index is -0.505. The summed E-state index contributed by atoms with van der Waals surface area (Å²) < 4.78 is 11.9. The number of rotatable bonds is 4. The molecule has 0 spiro atoms. The zero-order valence-corrected chi connectivity index (χ0v) is 13.0. The van der Waals surface area contributed by atoms with Crippen molar-refractivity contribution in [3.8, 4) is 11.4 Å². The Balaban J connectivity index is 2.45. The van der Waals surface area contributed by atoms with Crippen LogP contribution in [0.4, 0.5) is 0 Å². The number of hydrogen-bond donors (Lipinski definition) is 0. The molecule has 112 valence electrons. The zero-order valence-electron chi connectivity index (χ0n) is 12.3. The molecule has 0 amide bonds. The summed E-state index contributed by atoms with van der Waals surface area (Å²) in [6.07, 6.45) is -0.220. The van der Waals surface area contributed by atoms with Gasteiger partial charge in [0.1, 0.15) is 11.4 Å². The molecule has 0 fully saturated rings. The highest BCUT2D eigenvalue weighted by atomic mass is 35.5. The summed E-state index contributed by atoms with van der Waals surface area (Å²) >= 11 is 6.01. The number of aromatic nitrogens is 3. The molecule has 0 unspecified atom stereocenters. The minimum Gasteiger partial charge on any atom is -0.494 e. The van der Waals surface area contributed by atoms with Crippen molar-refractivity contribution in [1.29, 1.82) is 0 Å². The summed E-state index contributed by atoms with van der Waals surface area (Å²) in [7, 11) is 1.55. The SMILES string of the molecule is COc1ccc(Cl)cc1-n1nnc(C(=O)OC(C)C)c1C. The third-order valence-corrected chi connectivity index (χ3v) is 3.03. The highest BCUT2D eigenvalue weighted by molar-refractivity contribution is 6.30. The van der Waals surface area contributed by atoms with Gasteiger partial charge in [-0.15, -0.1) is 5.10 Å². The summed E-state index contributed by atoms with van der Waals surface area (Å²) in [5.74, 6) is 0.0749. The Morgan fingerprint density at radius 2 is 2.10 bits per heavy atom. The first-order chi connectivity index (χ1) is 9.93. The Morgan fingerprint density at radius 3 is 2.71 bits per heavy atom. The second-order valence-corrected chi connectivity index (χ2v) is 5.14. The molecule has 1 heterocycles. The van der Waals surface area contributed by atoms with Gasteiger partial charge in [0, 0.05) is 5.02 Å². The number of esters is 1. The highest BCUT2D eigenvalue weighted by Gasteiger charge is 2.21. The smallest absolute Gasteiger partial charge is 0.361 e.